The minimum absolute atomic E-state index is 0.0432. The molecule has 148 valence electrons. The Morgan fingerprint density at radius 3 is 2.46 bits per heavy atom. The topological polar surface area (TPSA) is 79.1 Å². The van der Waals surface area contributed by atoms with E-state index in [1.807, 2.05) is 32.9 Å². The first-order valence-corrected chi connectivity index (χ1v) is 9.15. The monoisotopic (exact) mass is 386 g/mol. The van der Waals surface area contributed by atoms with Crippen LogP contribution in [0.2, 0.25) is 0 Å². The number of halogens is 1. The van der Waals surface area contributed by atoms with Crippen LogP contribution in [0.25, 0.3) is 0 Å². The summed E-state index contributed by atoms with van der Waals surface area (Å²) in [4.78, 5) is 9.04. The van der Waals surface area contributed by atoms with Gasteiger partial charge in [-0.2, -0.15) is 4.99 Å². The van der Waals surface area contributed by atoms with Gasteiger partial charge < -0.3 is 15.2 Å². The summed E-state index contributed by atoms with van der Waals surface area (Å²) in [6.45, 7) is 6.44. The van der Waals surface area contributed by atoms with Crippen molar-refractivity contribution in [3.05, 3.63) is 47.5 Å². The van der Waals surface area contributed by atoms with Gasteiger partial charge in [0.2, 0.25) is 5.84 Å². The second kappa shape index (κ2) is 8.04. The Bertz CT molecular complexity index is 924. The summed E-state index contributed by atoms with van der Waals surface area (Å²) in [6, 6.07) is 8.28. The molecule has 0 radical (unpaired) electrons. The molecule has 1 aromatic heterocycles. The highest BCUT2D eigenvalue weighted by Gasteiger charge is 2.42. The van der Waals surface area contributed by atoms with Crippen LogP contribution in [0.4, 0.5) is 15.8 Å². The summed E-state index contributed by atoms with van der Waals surface area (Å²) in [5.74, 6) is 1.04. The van der Waals surface area contributed by atoms with Crippen molar-refractivity contribution in [1.82, 2.24) is 9.58 Å². The van der Waals surface area contributed by atoms with Crippen molar-refractivity contribution in [2.75, 3.05) is 25.6 Å². The largest absolute Gasteiger partial charge is 0.497 e. The lowest BCUT2D eigenvalue weighted by Gasteiger charge is -2.27. The van der Waals surface area contributed by atoms with Crippen molar-refractivity contribution in [3.63, 3.8) is 0 Å². The number of pyridine rings is 1. The van der Waals surface area contributed by atoms with Crippen LogP contribution in [-0.4, -0.2) is 42.1 Å². The zero-order valence-electron chi connectivity index (χ0n) is 16.5. The Morgan fingerprint density at radius 1 is 1.14 bits per heavy atom. The Hall–Kier alpha value is -2.84. The van der Waals surface area contributed by atoms with Gasteiger partial charge in [0.1, 0.15) is 18.1 Å². The minimum Gasteiger partial charge on any atom is -0.497 e. The lowest BCUT2D eigenvalue weighted by Crippen LogP contribution is -2.48. The molecule has 1 atom stereocenters. The molecule has 1 aliphatic rings. The van der Waals surface area contributed by atoms with E-state index in [9.17, 15) is 9.50 Å². The minimum atomic E-state index is -0.420. The van der Waals surface area contributed by atoms with Crippen LogP contribution in [0.1, 0.15) is 24.7 Å². The predicted octanol–water partition coefficient (Wildman–Crippen LogP) is 3.35. The van der Waals surface area contributed by atoms with E-state index in [0.717, 1.165) is 17.1 Å². The van der Waals surface area contributed by atoms with E-state index in [0.29, 0.717) is 36.2 Å². The second-order valence-electron chi connectivity index (χ2n) is 6.62. The molecule has 2 heterocycles. The maximum atomic E-state index is 13.8. The Morgan fingerprint density at radius 2 is 1.86 bits per heavy atom. The molecule has 1 aliphatic heterocycles. The molecule has 0 spiro atoms. The van der Waals surface area contributed by atoms with E-state index in [4.69, 9.17) is 9.84 Å². The SMILES string of the molecule is CC[N@@+]1(c2cc(C)nc(C)c2)N=C(Nc2cc(F)cc(OC)c2)N=C1CCO. The Kier molecular flexibility index (Phi) is 5.71. The summed E-state index contributed by atoms with van der Waals surface area (Å²) in [7, 11) is 1.48. The summed E-state index contributed by atoms with van der Waals surface area (Å²) in [5, 5.41) is 17.4. The van der Waals surface area contributed by atoms with E-state index >= 15 is 0 Å². The van der Waals surface area contributed by atoms with Gasteiger partial charge in [0.15, 0.2) is 5.69 Å². The number of hydrogen-bond acceptors (Lipinski definition) is 6. The average molecular weight is 386 g/mol. The normalized spacial score (nSPS) is 18.6. The highest BCUT2D eigenvalue weighted by Crippen LogP contribution is 2.31. The number of anilines is 1. The molecule has 8 heteroatoms. The third-order valence-electron chi connectivity index (χ3n) is 4.58. The average Bonchev–Trinajstić information content (AvgIpc) is 2.99. The third kappa shape index (κ3) is 3.88. The van der Waals surface area contributed by atoms with Gasteiger partial charge in [-0.15, -0.1) is 4.59 Å². The fourth-order valence-corrected chi connectivity index (χ4v) is 3.39. The van der Waals surface area contributed by atoms with Gasteiger partial charge in [-0.25, -0.2) is 4.39 Å². The zero-order valence-corrected chi connectivity index (χ0v) is 16.5. The summed E-state index contributed by atoms with van der Waals surface area (Å²) in [5.41, 5.74) is 3.18. The van der Waals surface area contributed by atoms with Gasteiger partial charge in [-0.05, 0) is 31.9 Å². The van der Waals surface area contributed by atoms with Crippen molar-refractivity contribution >= 4 is 23.2 Å². The fourth-order valence-electron chi connectivity index (χ4n) is 3.39. The van der Waals surface area contributed by atoms with E-state index in [2.05, 4.69) is 15.3 Å². The lowest BCUT2D eigenvalue weighted by molar-refractivity contribution is 0.300. The molecule has 0 amide bonds. The van der Waals surface area contributed by atoms with Gasteiger partial charge >= 0.3 is 0 Å². The van der Waals surface area contributed by atoms with Crippen molar-refractivity contribution in [2.24, 2.45) is 10.1 Å². The standard InChI is InChI=1S/C20H25FN5O2/c1-5-26(17-8-13(2)22-14(3)9-17)19(6-7-27)24-20(25-26)23-16-10-15(21)11-18(12-16)28-4/h8-12,27H,5-7H2,1-4H3,(H,23,25)/q+1/t26-/m0/s1. The zero-order chi connectivity index (χ0) is 20.3. The van der Waals surface area contributed by atoms with E-state index in [-0.39, 0.29) is 11.2 Å². The summed E-state index contributed by atoms with van der Waals surface area (Å²) >= 11 is 0. The number of aliphatic hydroxyl groups is 1. The molecule has 3 rings (SSSR count). The molecule has 0 saturated heterocycles. The summed E-state index contributed by atoms with van der Waals surface area (Å²) in [6.07, 6.45) is 0.370. The van der Waals surface area contributed by atoms with Crippen LogP contribution in [-0.2, 0) is 0 Å². The molecule has 28 heavy (non-hydrogen) atoms. The van der Waals surface area contributed by atoms with Crippen LogP contribution < -0.4 is 14.6 Å². The Balaban J connectivity index is 2.04. The molecule has 0 fully saturated rings. The fraction of sp³-hybridized carbons (Fsp3) is 0.350. The van der Waals surface area contributed by atoms with Gasteiger partial charge in [0, 0.05) is 41.3 Å². The first-order valence-electron chi connectivity index (χ1n) is 9.15. The number of aromatic nitrogens is 1. The highest BCUT2D eigenvalue weighted by molar-refractivity contribution is 6.10. The quantitative estimate of drug-likeness (QED) is 0.746. The number of nitrogens with one attached hydrogen (secondary N) is 1. The molecule has 0 unspecified atom stereocenters. The van der Waals surface area contributed by atoms with Gasteiger partial charge in [-0.1, -0.05) is 0 Å². The number of aryl methyl sites for hydroxylation is 2. The van der Waals surface area contributed by atoms with Gasteiger partial charge in [0.05, 0.1) is 20.1 Å². The molecule has 0 saturated carbocycles. The number of rotatable bonds is 6. The highest BCUT2D eigenvalue weighted by atomic mass is 19.1. The molecular weight excluding hydrogens is 361 g/mol. The number of quaternary nitrogens is 1. The smallest absolute Gasteiger partial charge is 0.286 e. The number of guanidine groups is 1. The van der Waals surface area contributed by atoms with Crippen LogP contribution in [0, 0.1) is 19.7 Å². The maximum Gasteiger partial charge on any atom is 0.286 e. The van der Waals surface area contributed by atoms with Crippen molar-refractivity contribution in [3.8, 4) is 5.75 Å². The lowest BCUT2D eigenvalue weighted by atomic mass is 10.2. The molecule has 0 aliphatic carbocycles. The van der Waals surface area contributed by atoms with Crippen molar-refractivity contribution in [2.45, 2.75) is 27.2 Å². The predicted molar refractivity (Wildman–Crippen MR) is 109 cm³/mol. The number of ether oxygens (including phenoxy) is 1. The second-order valence-corrected chi connectivity index (χ2v) is 6.62. The number of amidine groups is 1. The number of aliphatic hydroxyl groups excluding tert-OH is 1. The molecule has 1 aromatic carbocycles. The van der Waals surface area contributed by atoms with Crippen LogP contribution in [0.5, 0.6) is 5.75 Å². The van der Waals surface area contributed by atoms with Gasteiger partial charge in [-0.3, -0.25) is 4.98 Å². The number of nitrogens with zero attached hydrogens (tertiary/aromatic N) is 4. The number of methoxy groups -OCH3 is 1. The molecular formula is C20H25FN5O2+. The first-order chi connectivity index (χ1) is 13.4. The third-order valence-corrected chi connectivity index (χ3v) is 4.58. The number of benzene rings is 1. The van der Waals surface area contributed by atoms with E-state index in [1.54, 1.807) is 6.07 Å². The van der Waals surface area contributed by atoms with Crippen LogP contribution in [0.15, 0.2) is 40.4 Å². The van der Waals surface area contributed by atoms with E-state index < -0.39 is 5.82 Å². The molecule has 2 aromatic rings. The summed E-state index contributed by atoms with van der Waals surface area (Å²) < 4.78 is 19.1. The molecule has 2 N–H and O–H groups in total. The van der Waals surface area contributed by atoms with Gasteiger partial charge in [0.25, 0.3) is 5.96 Å². The first kappa shape index (κ1) is 19.9. The molecule has 7 nitrogen and oxygen atoms in total. The number of hydrogen-bond donors (Lipinski definition) is 2. The van der Waals surface area contributed by atoms with Crippen LogP contribution >= 0.6 is 0 Å². The maximum absolute atomic E-state index is 13.8. The number of aliphatic imine (C=N–C) groups is 1. The van der Waals surface area contributed by atoms with E-state index in [1.165, 1.54) is 19.2 Å². The molecule has 0 bridgehead atoms. The van der Waals surface area contributed by atoms with Crippen molar-refractivity contribution in [1.29, 1.82) is 0 Å². The van der Waals surface area contributed by atoms with Crippen LogP contribution in [0.3, 0.4) is 0 Å². The Labute approximate surface area is 163 Å². The van der Waals surface area contributed by atoms with Crippen molar-refractivity contribution < 1.29 is 14.2 Å².